The van der Waals surface area contributed by atoms with Gasteiger partial charge in [-0.05, 0) is 42.5 Å². The minimum Gasteiger partial charge on any atom is -0.496 e. The summed E-state index contributed by atoms with van der Waals surface area (Å²) in [5.41, 5.74) is 1.41. The Morgan fingerprint density at radius 1 is 1.16 bits per heavy atom. The molecule has 0 spiro atoms. The van der Waals surface area contributed by atoms with Crippen molar-refractivity contribution >= 4 is 11.6 Å². The van der Waals surface area contributed by atoms with Crippen LogP contribution in [0.5, 0.6) is 11.5 Å². The minimum atomic E-state index is 0.334. The molecule has 2 aromatic rings. The van der Waals surface area contributed by atoms with Crippen molar-refractivity contribution in [2.75, 3.05) is 7.11 Å². The maximum atomic E-state index is 8.90. The van der Waals surface area contributed by atoms with Crippen LogP contribution < -0.4 is 9.47 Å². The van der Waals surface area contributed by atoms with Crippen LogP contribution in [0.15, 0.2) is 42.5 Å². The second-order valence-corrected chi connectivity index (χ2v) is 4.32. The van der Waals surface area contributed by atoms with Crippen LogP contribution in [0.1, 0.15) is 11.1 Å². The van der Waals surface area contributed by atoms with E-state index in [2.05, 4.69) is 6.07 Å². The molecule has 0 bridgehead atoms. The van der Waals surface area contributed by atoms with Gasteiger partial charge in [0.25, 0.3) is 0 Å². The fourth-order valence-corrected chi connectivity index (χ4v) is 1.78. The van der Waals surface area contributed by atoms with Crippen molar-refractivity contribution in [2.45, 2.75) is 6.61 Å². The van der Waals surface area contributed by atoms with E-state index in [4.69, 9.17) is 26.3 Å². The van der Waals surface area contributed by atoms with Crippen LogP contribution in [0.3, 0.4) is 0 Å². The quantitative estimate of drug-likeness (QED) is 0.851. The zero-order valence-electron chi connectivity index (χ0n) is 10.4. The summed E-state index contributed by atoms with van der Waals surface area (Å²) in [6, 6.07) is 14.4. The number of nitrogens with zero attached hydrogens (tertiary/aromatic N) is 1. The molecular weight excluding hydrogens is 262 g/mol. The maximum absolute atomic E-state index is 8.90. The van der Waals surface area contributed by atoms with E-state index in [9.17, 15) is 0 Å². The molecule has 2 aromatic carbocycles. The Balaban J connectivity index is 2.14. The molecular formula is C15H12ClNO2. The molecule has 0 fully saturated rings. The van der Waals surface area contributed by atoms with Gasteiger partial charge in [0.1, 0.15) is 18.1 Å². The highest BCUT2D eigenvalue weighted by atomic mass is 35.5. The third kappa shape index (κ3) is 3.40. The number of ether oxygens (including phenoxy) is 2. The first-order valence-corrected chi connectivity index (χ1v) is 6.06. The number of benzene rings is 2. The van der Waals surface area contributed by atoms with E-state index >= 15 is 0 Å². The predicted molar refractivity (Wildman–Crippen MR) is 73.5 cm³/mol. The minimum absolute atomic E-state index is 0.334. The largest absolute Gasteiger partial charge is 0.496 e. The number of rotatable bonds is 4. The molecule has 2 rings (SSSR count). The molecule has 0 saturated heterocycles. The van der Waals surface area contributed by atoms with E-state index in [0.29, 0.717) is 28.7 Å². The Labute approximate surface area is 117 Å². The summed E-state index contributed by atoms with van der Waals surface area (Å²) in [5.74, 6) is 1.42. The Hall–Kier alpha value is -2.18. The van der Waals surface area contributed by atoms with E-state index in [1.165, 1.54) is 0 Å². The van der Waals surface area contributed by atoms with Crippen molar-refractivity contribution in [3.63, 3.8) is 0 Å². The van der Waals surface area contributed by atoms with Crippen LogP contribution >= 0.6 is 11.6 Å². The highest BCUT2D eigenvalue weighted by Crippen LogP contribution is 2.22. The molecule has 96 valence electrons. The second kappa shape index (κ2) is 6.12. The molecule has 0 aliphatic rings. The molecule has 0 amide bonds. The Kier molecular flexibility index (Phi) is 4.27. The first-order valence-electron chi connectivity index (χ1n) is 5.68. The normalized spacial score (nSPS) is 9.74. The highest BCUT2D eigenvalue weighted by molar-refractivity contribution is 6.30. The molecule has 0 aliphatic carbocycles. The zero-order chi connectivity index (χ0) is 13.7. The van der Waals surface area contributed by atoms with E-state index in [-0.39, 0.29) is 0 Å². The standard InChI is InChI=1S/C15H12ClNO2/c1-18-15-7-2-11(9-17)8-12(15)10-19-14-5-3-13(16)4-6-14/h2-8H,10H2,1H3. The first kappa shape index (κ1) is 13.3. The number of hydrogen-bond acceptors (Lipinski definition) is 3. The molecule has 0 N–H and O–H groups in total. The van der Waals surface area contributed by atoms with Crippen molar-refractivity contribution in [1.29, 1.82) is 5.26 Å². The Bertz CT molecular complexity index is 603. The molecule has 0 unspecified atom stereocenters. The zero-order valence-corrected chi connectivity index (χ0v) is 11.1. The molecule has 0 aliphatic heterocycles. The highest BCUT2D eigenvalue weighted by Gasteiger charge is 2.05. The van der Waals surface area contributed by atoms with Crippen molar-refractivity contribution in [1.82, 2.24) is 0 Å². The SMILES string of the molecule is COc1ccc(C#N)cc1COc1ccc(Cl)cc1. The first-order chi connectivity index (χ1) is 9.22. The Morgan fingerprint density at radius 3 is 2.53 bits per heavy atom. The van der Waals surface area contributed by atoms with Gasteiger partial charge >= 0.3 is 0 Å². The lowest BCUT2D eigenvalue weighted by molar-refractivity contribution is 0.296. The van der Waals surface area contributed by atoms with Gasteiger partial charge in [0.05, 0.1) is 18.7 Å². The van der Waals surface area contributed by atoms with Crippen LogP contribution in [0.4, 0.5) is 0 Å². The summed E-state index contributed by atoms with van der Waals surface area (Å²) < 4.78 is 10.9. The lowest BCUT2D eigenvalue weighted by Gasteiger charge is -2.10. The fourth-order valence-electron chi connectivity index (χ4n) is 1.65. The maximum Gasteiger partial charge on any atom is 0.125 e. The van der Waals surface area contributed by atoms with Gasteiger partial charge in [0.2, 0.25) is 0 Å². The summed E-state index contributed by atoms with van der Waals surface area (Å²) in [6.07, 6.45) is 0. The number of methoxy groups -OCH3 is 1. The fraction of sp³-hybridized carbons (Fsp3) is 0.133. The van der Waals surface area contributed by atoms with Crippen LogP contribution in [-0.2, 0) is 6.61 Å². The molecule has 19 heavy (non-hydrogen) atoms. The summed E-state index contributed by atoms with van der Waals surface area (Å²) in [5, 5.41) is 9.56. The van der Waals surface area contributed by atoms with Crippen molar-refractivity contribution in [2.24, 2.45) is 0 Å². The van der Waals surface area contributed by atoms with Crippen molar-refractivity contribution < 1.29 is 9.47 Å². The van der Waals surface area contributed by atoms with E-state index in [0.717, 1.165) is 5.56 Å². The molecule has 4 heteroatoms. The van der Waals surface area contributed by atoms with Gasteiger partial charge < -0.3 is 9.47 Å². The van der Waals surface area contributed by atoms with Crippen molar-refractivity contribution in [3.05, 3.63) is 58.6 Å². The topological polar surface area (TPSA) is 42.2 Å². The van der Waals surface area contributed by atoms with Gasteiger partial charge in [-0.1, -0.05) is 11.6 Å². The average Bonchev–Trinajstić information content (AvgIpc) is 2.46. The molecule has 0 radical (unpaired) electrons. The van der Waals surface area contributed by atoms with Crippen LogP contribution in [0.2, 0.25) is 5.02 Å². The third-order valence-electron chi connectivity index (χ3n) is 2.62. The monoisotopic (exact) mass is 273 g/mol. The van der Waals surface area contributed by atoms with E-state index < -0.39 is 0 Å². The van der Waals surface area contributed by atoms with Gasteiger partial charge in [-0.15, -0.1) is 0 Å². The van der Waals surface area contributed by atoms with Gasteiger partial charge in [-0.25, -0.2) is 0 Å². The predicted octanol–water partition coefficient (Wildman–Crippen LogP) is 3.80. The summed E-state index contributed by atoms with van der Waals surface area (Å²) in [7, 11) is 1.59. The Morgan fingerprint density at radius 2 is 1.89 bits per heavy atom. The van der Waals surface area contributed by atoms with Gasteiger partial charge in [-0.3, -0.25) is 0 Å². The van der Waals surface area contributed by atoms with Crippen LogP contribution in [0.25, 0.3) is 0 Å². The summed E-state index contributed by atoms with van der Waals surface area (Å²) in [4.78, 5) is 0. The summed E-state index contributed by atoms with van der Waals surface area (Å²) >= 11 is 5.80. The lowest BCUT2D eigenvalue weighted by Crippen LogP contribution is -1.99. The van der Waals surface area contributed by atoms with E-state index in [1.54, 1.807) is 49.6 Å². The molecule has 0 atom stereocenters. The molecule has 3 nitrogen and oxygen atoms in total. The smallest absolute Gasteiger partial charge is 0.125 e. The van der Waals surface area contributed by atoms with Gasteiger partial charge in [-0.2, -0.15) is 5.26 Å². The van der Waals surface area contributed by atoms with Gasteiger partial charge in [0, 0.05) is 10.6 Å². The summed E-state index contributed by atoms with van der Waals surface area (Å²) in [6.45, 7) is 0.334. The second-order valence-electron chi connectivity index (χ2n) is 3.88. The third-order valence-corrected chi connectivity index (χ3v) is 2.87. The van der Waals surface area contributed by atoms with Crippen LogP contribution in [0, 0.1) is 11.3 Å². The molecule has 0 heterocycles. The van der Waals surface area contributed by atoms with E-state index in [1.807, 2.05) is 0 Å². The lowest BCUT2D eigenvalue weighted by atomic mass is 10.1. The van der Waals surface area contributed by atoms with Crippen LogP contribution in [-0.4, -0.2) is 7.11 Å². The van der Waals surface area contributed by atoms with Gasteiger partial charge in [0.15, 0.2) is 0 Å². The number of hydrogen-bond donors (Lipinski definition) is 0. The number of halogens is 1. The van der Waals surface area contributed by atoms with Crippen molar-refractivity contribution in [3.8, 4) is 17.6 Å². The molecule has 0 saturated carbocycles. The average molecular weight is 274 g/mol. The number of nitriles is 1. The molecule has 0 aromatic heterocycles.